The van der Waals surface area contributed by atoms with Gasteiger partial charge in [-0.25, -0.2) is 9.78 Å². The van der Waals surface area contributed by atoms with Crippen molar-refractivity contribution < 1.29 is 14.7 Å². The number of fused-ring (bicyclic) bond motifs is 1. The molecule has 2 aromatic carbocycles. The van der Waals surface area contributed by atoms with Gasteiger partial charge in [0.15, 0.2) is 5.78 Å². The SMILES string of the molecule is Cn1cncc1C1C(=O)c2c(cccc2C(=O)O)NC1c1ccccc1. The molecule has 130 valence electrons. The van der Waals surface area contributed by atoms with Crippen LogP contribution in [0.3, 0.4) is 0 Å². The van der Waals surface area contributed by atoms with E-state index in [9.17, 15) is 14.7 Å². The van der Waals surface area contributed by atoms with Crippen molar-refractivity contribution in [1.82, 2.24) is 9.55 Å². The Kier molecular flexibility index (Phi) is 3.80. The summed E-state index contributed by atoms with van der Waals surface area (Å²) in [6.07, 6.45) is 3.30. The first kappa shape index (κ1) is 16.1. The van der Waals surface area contributed by atoms with Gasteiger partial charge in [-0.2, -0.15) is 0 Å². The van der Waals surface area contributed by atoms with Crippen LogP contribution in [0, 0.1) is 0 Å². The zero-order valence-electron chi connectivity index (χ0n) is 14.1. The summed E-state index contributed by atoms with van der Waals surface area (Å²) in [5, 5.41) is 12.9. The van der Waals surface area contributed by atoms with Crippen molar-refractivity contribution in [2.45, 2.75) is 12.0 Å². The number of rotatable bonds is 3. The largest absolute Gasteiger partial charge is 0.478 e. The molecule has 0 radical (unpaired) electrons. The van der Waals surface area contributed by atoms with Crippen molar-refractivity contribution >= 4 is 17.4 Å². The van der Waals surface area contributed by atoms with Gasteiger partial charge in [-0.05, 0) is 17.7 Å². The smallest absolute Gasteiger partial charge is 0.336 e. The molecule has 26 heavy (non-hydrogen) atoms. The molecule has 6 heteroatoms. The van der Waals surface area contributed by atoms with Crippen molar-refractivity contribution in [3.8, 4) is 0 Å². The maximum absolute atomic E-state index is 13.4. The van der Waals surface area contributed by atoms with Crippen LogP contribution in [0.15, 0.2) is 61.1 Å². The van der Waals surface area contributed by atoms with Crippen molar-refractivity contribution in [2.75, 3.05) is 5.32 Å². The summed E-state index contributed by atoms with van der Waals surface area (Å²) < 4.78 is 1.80. The van der Waals surface area contributed by atoms with Gasteiger partial charge in [0.2, 0.25) is 0 Å². The van der Waals surface area contributed by atoms with Gasteiger partial charge in [-0.1, -0.05) is 36.4 Å². The fourth-order valence-corrected chi connectivity index (χ4v) is 3.58. The number of hydrogen-bond donors (Lipinski definition) is 2. The molecule has 0 saturated carbocycles. The number of hydrogen-bond acceptors (Lipinski definition) is 4. The van der Waals surface area contributed by atoms with E-state index in [0.29, 0.717) is 5.69 Å². The number of carbonyl (C=O) groups excluding carboxylic acids is 1. The minimum absolute atomic E-state index is 0.0127. The lowest BCUT2D eigenvalue weighted by molar-refractivity contribution is 0.0690. The van der Waals surface area contributed by atoms with Crippen molar-refractivity contribution in [2.24, 2.45) is 7.05 Å². The van der Waals surface area contributed by atoms with Gasteiger partial charge in [0.25, 0.3) is 0 Å². The highest BCUT2D eigenvalue weighted by atomic mass is 16.4. The Bertz CT molecular complexity index is 995. The van der Waals surface area contributed by atoms with Crippen molar-refractivity contribution in [3.63, 3.8) is 0 Å². The maximum Gasteiger partial charge on any atom is 0.336 e. The predicted octanol–water partition coefficient (Wildman–Crippen LogP) is 3.25. The number of ketones is 1. The number of anilines is 1. The highest BCUT2D eigenvalue weighted by Crippen LogP contribution is 2.43. The number of imidazole rings is 1. The topological polar surface area (TPSA) is 84.2 Å². The highest BCUT2D eigenvalue weighted by molar-refractivity contribution is 6.14. The maximum atomic E-state index is 13.4. The molecule has 1 aliphatic heterocycles. The van der Waals surface area contributed by atoms with Crippen LogP contribution in [-0.2, 0) is 7.05 Å². The van der Waals surface area contributed by atoms with E-state index in [0.717, 1.165) is 11.3 Å². The Balaban J connectivity index is 1.93. The summed E-state index contributed by atoms with van der Waals surface area (Å²) in [4.78, 5) is 29.2. The number of nitrogens with zero attached hydrogens (tertiary/aromatic N) is 2. The number of aromatic nitrogens is 2. The van der Waals surface area contributed by atoms with Gasteiger partial charge < -0.3 is 15.0 Å². The van der Waals surface area contributed by atoms with E-state index in [2.05, 4.69) is 10.3 Å². The number of aromatic carboxylic acids is 1. The molecule has 3 aromatic rings. The second kappa shape index (κ2) is 6.15. The molecule has 0 saturated heterocycles. The van der Waals surface area contributed by atoms with E-state index in [1.54, 1.807) is 29.2 Å². The summed E-state index contributed by atoms with van der Waals surface area (Å²) in [7, 11) is 1.83. The number of carboxylic acid groups (broad SMARTS) is 1. The molecule has 1 aliphatic rings. The molecule has 1 aromatic heterocycles. The van der Waals surface area contributed by atoms with Gasteiger partial charge in [-0.15, -0.1) is 0 Å². The van der Waals surface area contributed by atoms with E-state index in [-0.39, 0.29) is 23.0 Å². The van der Waals surface area contributed by atoms with E-state index in [1.165, 1.54) is 6.07 Å². The van der Waals surface area contributed by atoms with Crippen LogP contribution in [0.2, 0.25) is 0 Å². The zero-order valence-corrected chi connectivity index (χ0v) is 14.1. The summed E-state index contributed by atoms with van der Waals surface area (Å²) in [5.41, 5.74) is 2.47. The van der Waals surface area contributed by atoms with Crippen LogP contribution in [0.1, 0.15) is 43.9 Å². The molecular formula is C20H17N3O3. The molecule has 0 bridgehead atoms. The van der Waals surface area contributed by atoms with Gasteiger partial charge in [-0.3, -0.25) is 4.79 Å². The molecule has 4 rings (SSSR count). The molecule has 0 aliphatic carbocycles. The van der Waals surface area contributed by atoms with E-state index in [4.69, 9.17) is 0 Å². The first-order chi connectivity index (χ1) is 12.6. The molecule has 6 nitrogen and oxygen atoms in total. The Labute approximate surface area is 150 Å². The van der Waals surface area contributed by atoms with Crippen molar-refractivity contribution in [1.29, 1.82) is 0 Å². The molecule has 0 amide bonds. The van der Waals surface area contributed by atoms with Crippen LogP contribution < -0.4 is 5.32 Å². The van der Waals surface area contributed by atoms with Gasteiger partial charge in [0, 0.05) is 18.9 Å². The van der Waals surface area contributed by atoms with Crippen molar-refractivity contribution in [3.05, 3.63) is 83.4 Å². The number of benzene rings is 2. The lowest BCUT2D eigenvalue weighted by atomic mass is 9.79. The third-order valence-electron chi connectivity index (χ3n) is 4.80. The molecule has 0 fully saturated rings. The van der Waals surface area contributed by atoms with Gasteiger partial charge in [0.05, 0.1) is 35.1 Å². The first-order valence-electron chi connectivity index (χ1n) is 8.26. The molecule has 2 unspecified atom stereocenters. The third kappa shape index (κ3) is 2.47. The standard InChI is InChI=1S/C20H17N3O3/c1-23-11-21-10-15(23)17-18(12-6-3-2-4-7-12)22-14-9-5-8-13(20(25)26)16(14)19(17)24/h2-11,17-18,22H,1H3,(H,25,26). The van der Waals surface area contributed by atoms with Gasteiger partial charge in [0.1, 0.15) is 0 Å². The quantitative estimate of drug-likeness (QED) is 0.760. The number of carboxylic acids is 1. The number of nitrogens with one attached hydrogen (secondary N) is 1. The fourth-order valence-electron chi connectivity index (χ4n) is 3.58. The summed E-state index contributed by atoms with van der Waals surface area (Å²) >= 11 is 0. The zero-order chi connectivity index (χ0) is 18.3. The highest BCUT2D eigenvalue weighted by Gasteiger charge is 2.40. The Hall–Kier alpha value is -3.41. The number of Topliss-reactive ketones (excluding diaryl/α,β-unsaturated/α-hetero) is 1. The number of carbonyl (C=O) groups is 2. The lowest BCUT2D eigenvalue weighted by Crippen LogP contribution is -2.34. The normalized spacial score (nSPS) is 18.9. The van der Waals surface area contributed by atoms with Crippen LogP contribution in [0.4, 0.5) is 5.69 Å². The van der Waals surface area contributed by atoms with E-state index < -0.39 is 11.9 Å². The van der Waals surface area contributed by atoms with Crippen LogP contribution >= 0.6 is 0 Å². The second-order valence-corrected chi connectivity index (χ2v) is 6.34. The molecule has 2 N–H and O–H groups in total. The second-order valence-electron chi connectivity index (χ2n) is 6.34. The van der Waals surface area contributed by atoms with Crippen LogP contribution in [0.25, 0.3) is 0 Å². The monoisotopic (exact) mass is 347 g/mol. The first-order valence-corrected chi connectivity index (χ1v) is 8.26. The average molecular weight is 347 g/mol. The van der Waals surface area contributed by atoms with Crippen LogP contribution in [0.5, 0.6) is 0 Å². The molecular weight excluding hydrogens is 330 g/mol. The Morgan fingerprint density at radius 3 is 2.58 bits per heavy atom. The number of aryl methyl sites for hydroxylation is 1. The summed E-state index contributed by atoms with van der Waals surface area (Å²) in [5.74, 6) is -1.90. The third-order valence-corrected chi connectivity index (χ3v) is 4.80. The predicted molar refractivity (Wildman–Crippen MR) is 96.5 cm³/mol. The minimum atomic E-state index is -1.11. The van der Waals surface area contributed by atoms with E-state index in [1.807, 2.05) is 37.4 Å². The Morgan fingerprint density at radius 1 is 1.15 bits per heavy atom. The summed E-state index contributed by atoms with van der Waals surface area (Å²) in [6, 6.07) is 14.2. The Morgan fingerprint density at radius 2 is 1.92 bits per heavy atom. The fraction of sp³-hybridized carbons (Fsp3) is 0.150. The van der Waals surface area contributed by atoms with E-state index >= 15 is 0 Å². The molecule has 2 heterocycles. The molecule has 2 atom stereocenters. The van der Waals surface area contributed by atoms with Gasteiger partial charge >= 0.3 is 5.97 Å². The lowest BCUT2D eigenvalue weighted by Gasteiger charge is -2.34. The minimum Gasteiger partial charge on any atom is -0.478 e. The average Bonchev–Trinajstić information content (AvgIpc) is 3.07. The van der Waals surface area contributed by atoms with Crippen LogP contribution in [-0.4, -0.2) is 26.4 Å². The summed E-state index contributed by atoms with van der Waals surface area (Å²) in [6.45, 7) is 0. The molecule has 0 spiro atoms.